The Bertz CT molecular complexity index is 468. The van der Waals surface area contributed by atoms with Crippen LogP contribution in [-0.2, 0) is 0 Å². The summed E-state index contributed by atoms with van der Waals surface area (Å²) < 4.78 is 0. The second kappa shape index (κ2) is 6.93. The van der Waals surface area contributed by atoms with Gasteiger partial charge in [0.2, 0.25) is 6.04 Å². The first-order chi connectivity index (χ1) is 11.5. The third-order valence-corrected chi connectivity index (χ3v) is 8.07. The minimum Gasteiger partial charge on any atom is -0.393 e. The van der Waals surface area contributed by atoms with E-state index in [4.69, 9.17) is 0 Å². The van der Waals surface area contributed by atoms with E-state index in [0.717, 1.165) is 49.9 Å². The molecule has 4 nitrogen and oxygen atoms in total. The molecule has 0 aliphatic heterocycles. The van der Waals surface area contributed by atoms with Crippen LogP contribution in [0.3, 0.4) is 0 Å². The van der Waals surface area contributed by atoms with Gasteiger partial charge in [-0.05, 0) is 81.0 Å². The lowest BCUT2D eigenvalue weighted by Gasteiger charge is -2.54. The fourth-order valence-electron chi connectivity index (χ4n) is 6.99. The number of aliphatic hydroxyl groups excluding tert-OH is 1. The van der Waals surface area contributed by atoms with Crippen molar-refractivity contribution in [3.8, 4) is 0 Å². The Morgan fingerprint density at radius 1 is 0.958 bits per heavy atom. The Morgan fingerprint density at radius 2 is 1.67 bits per heavy atom. The Balaban J connectivity index is 0.000000815. The van der Waals surface area contributed by atoms with Crippen molar-refractivity contribution in [1.82, 2.24) is 0 Å². The highest BCUT2D eigenvalue weighted by Crippen LogP contribution is 2.61. The van der Waals surface area contributed by atoms with Crippen molar-refractivity contribution >= 4 is 0 Å². The first-order valence-corrected chi connectivity index (χ1v) is 10.3. The van der Waals surface area contributed by atoms with Crippen molar-refractivity contribution in [2.45, 2.75) is 90.7 Å². The topological polar surface area (TPSA) is 63.4 Å². The van der Waals surface area contributed by atoms with Crippen molar-refractivity contribution in [2.24, 2.45) is 35.0 Å². The Hall–Kier alpha value is -0.640. The maximum absolute atomic E-state index is 11.5. The predicted molar refractivity (Wildman–Crippen MR) is 95.2 cm³/mol. The first-order valence-electron chi connectivity index (χ1n) is 10.3. The summed E-state index contributed by atoms with van der Waals surface area (Å²) in [6, 6.07) is -0.302. The number of fused-ring (bicyclic) bond motifs is 4. The van der Waals surface area contributed by atoms with E-state index in [1.54, 1.807) is 0 Å². The summed E-state index contributed by atoms with van der Waals surface area (Å²) in [6.45, 7) is 6.21. The maximum Gasteiger partial charge on any atom is 0.218 e. The SMILES string of the molecule is CC.C[C@]12C[C@H]3CC[C@@H]4C[C@@H](O)CC[C@H]4[C@@H]3C[C@@H]1CC[C@@H]2[N+](=O)[O-]. The molecule has 0 spiro atoms. The molecule has 4 rings (SSSR count). The zero-order valence-corrected chi connectivity index (χ0v) is 15.6. The fraction of sp³-hybridized carbons (Fsp3) is 1.00. The molecule has 0 aromatic rings. The van der Waals surface area contributed by atoms with Crippen molar-refractivity contribution in [1.29, 1.82) is 0 Å². The third kappa shape index (κ3) is 2.89. The van der Waals surface area contributed by atoms with Gasteiger partial charge in [-0.3, -0.25) is 10.1 Å². The van der Waals surface area contributed by atoms with Gasteiger partial charge in [0.15, 0.2) is 0 Å². The Morgan fingerprint density at radius 3 is 2.38 bits per heavy atom. The van der Waals surface area contributed by atoms with Crippen LogP contribution in [0.25, 0.3) is 0 Å². The van der Waals surface area contributed by atoms with Crippen LogP contribution in [-0.4, -0.2) is 22.2 Å². The molecule has 8 atom stereocenters. The van der Waals surface area contributed by atoms with Crippen LogP contribution in [0.1, 0.15) is 78.6 Å². The Kier molecular flexibility index (Phi) is 5.25. The average Bonchev–Trinajstić information content (AvgIpc) is 2.90. The van der Waals surface area contributed by atoms with Crippen molar-refractivity contribution < 1.29 is 10.0 Å². The molecule has 0 aromatic carbocycles. The predicted octanol–water partition coefficient (Wildman–Crippen LogP) is 4.67. The quantitative estimate of drug-likeness (QED) is 0.558. The molecule has 4 aliphatic rings. The van der Waals surface area contributed by atoms with E-state index >= 15 is 0 Å². The second-order valence-corrected chi connectivity index (χ2v) is 8.91. The van der Waals surface area contributed by atoms with E-state index in [0.29, 0.717) is 11.8 Å². The van der Waals surface area contributed by atoms with Crippen LogP contribution < -0.4 is 0 Å². The van der Waals surface area contributed by atoms with Crippen LogP contribution in [0, 0.1) is 45.1 Å². The molecule has 4 fully saturated rings. The van der Waals surface area contributed by atoms with Crippen molar-refractivity contribution in [2.75, 3.05) is 0 Å². The molecule has 0 heterocycles. The molecule has 4 heteroatoms. The molecule has 0 unspecified atom stereocenters. The van der Waals surface area contributed by atoms with Gasteiger partial charge in [0.1, 0.15) is 0 Å². The van der Waals surface area contributed by atoms with E-state index in [2.05, 4.69) is 6.92 Å². The highest BCUT2D eigenvalue weighted by atomic mass is 16.6. The molecule has 138 valence electrons. The van der Waals surface area contributed by atoms with Gasteiger partial charge < -0.3 is 5.11 Å². The molecular formula is C20H35NO3. The van der Waals surface area contributed by atoms with Gasteiger partial charge >= 0.3 is 0 Å². The summed E-state index contributed by atoms with van der Waals surface area (Å²) in [7, 11) is 0. The van der Waals surface area contributed by atoms with Crippen LogP contribution >= 0.6 is 0 Å². The molecule has 4 aliphatic carbocycles. The highest BCUT2D eigenvalue weighted by molar-refractivity contribution is 5.05. The number of rotatable bonds is 1. The summed E-state index contributed by atoms with van der Waals surface area (Å²) in [5, 5.41) is 21.4. The molecule has 1 N–H and O–H groups in total. The van der Waals surface area contributed by atoms with Gasteiger partial charge in [-0.1, -0.05) is 20.8 Å². The number of hydrogen-bond donors (Lipinski definition) is 1. The molecule has 0 bridgehead atoms. The minimum absolute atomic E-state index is 0.0168. The van der Waals surface area contributed by atoms with Crippen molar-refractivity contribution in [3.63, 3.8) is 0 Å². The van der Waals surface area contributed by atoms with Gasteiger partial charge in [-0.25, -0.2) is 0 Å². The smallest absolute Gasteiger partial charge is 0.218 e. The number of nitrogens with zero attached hydrogens (tertiary/aromatic N) is 1. The zero-order chi connectivity index (χ0) is 17.5. The van der Waals surface area contributed by atoms with Crippen LogP contribution in [0.5, 0.6) is 0 Å². The Labute approximate surface area is 146 Å². The van der Waals surface area contributed by atoms with Crippen molar-refractivity contribution in [3.05, 3.63) is 10.1 Å². The standard InChI is InChI=1S/C18H29NO3.C2H6/c1-18-10-12-3-2-11-8-14(20)5-6-15(11)16(12)9-13(18)4-7-17(18)19(21)22;1-2/h11-17,20H,2-10H2,1H3;1-2H3/t11-,12-,13+,14+,15-,16-,17+,18+;/m1./s1. The van der Waals surface area contributed by atoms with E-state index in [9.17, 15) is 15.2 Å². The summed E-state index contributed by atoms with van der Waals surface area (Å²) in [4.78, 5) is 11.5. The van der Waals surface area contributed by atoms with E-state index < -0.39 is 0 Å². The van der Waals surface area contributed by atoms with E-state index in [-0.39, 0.29) is 22.5 Å². The third-order valence-electron chi connectivity index (χ3n) is 8.07. The van der Waals surface area contributed by atoms with Gasteiger partial charge in [-0.2, -0.15) is 0 Å². The summed E-state index contributed by atoms with van der Waals surface area (Å²) in [6.07, 6.45) is 9.75. The summed E-state index contributed by atoms with van der Waals surface area (Å²) in [5.74, 6) is 3.58. The second-order valence-electron chi connectivity index (χ2n) is 8.91. The lowest BCUT2D eigenvalue weighted by molar-refractivity contribution is -0.540. The van der Waals surface area contributed by atoms with Gasteiger partial charge in [0, 0.05) is 16.8 Å². The highest BCUT2D eigenvalue weighted by Gasteiger charge is 2.59. The molecule has 24 heavy (non-hydrogen) atoms. The zero-order valence-electron chi connectivity index (χ0n) is 15.6. The molecule has 0 amide bonds. The summed E-state index contributed by atoms with van der Waals surface area (Å²) >= 11 is 0. The maximum atomic E-state index is 11.5. The summed E-state index contributed by atoms with van der Waals surface area (Å²) in [5.41, 5.74) is -0.0499. The number of hydrogen-bond acceptors (Lipinski definition) is 3. The van der Waals surface area contributed by atoms with E-state index in [1.165, 1.54) is 25.7 Å². The largest absolute Gasteiger partial charge is 0.393 e. The van der Waals surface area contributed by atoms with Gasteiger partial charge in [0.25, 0.3) is 0 Å². The van der Waals surface area contributed by atoms with E-state index in [1.807, 2.05) is 13.8 Å². The normalized spacial score (nSPS) is 49.9. The van der Waals surface area contributed by atoms with Gasteiger partial charge in [-0.15, -0.1) is 0 Å². The monoisotopic (exact) mass is 337 g/mol. The lowest BCUT2D eigenvalue weighted by Crippen LogP contribution is -2.49. The average molecular weight is 338 g/mol. The molecule has 0 aromatic heterocycles. The van der Waals surface area contributed by atoms with Gasteiger partial charge in [0.05, 0.1) is 6.10 Å². The molecule has 0 saturated heterocycles. The molecule has 4 saturated carbocycles. The molecule has 0 radical (unpaired) electrons. The van der Waals surface area contributed by atoms with Crippen LogP contribution in [0.15, 0.2) is 0 Å². The number of nitro groups is 1. The van der Waals surface area contributed by atoms with Crippen LogP contribution in [0.4, 0.5) is 0 Å². The fourth-order valence-corrected chi connectivity index (χ4v) is 6.99. The first kappa shape index (κ1) is 18.2. The molecular weight excluding hydrogens is 302 g/mol. The minimum atomic E-state index is -0.302. The lowest BCUT2D eigenvalue weighted by atomic mass is 9.51. The number of aliphatic hydroxyl groups is 1. The van der Waals surface area contributed by atoms with Crippen LogP contribution in [0.2, 0.25) is 0 Å².